The third-order valence-corrected chi connectivity index (χ3v) is 3.54. The zero-order chi connectivity index (χ0) is 15.9. The zero-order valence-electron chi connectivity index (χ0n) is 13.2. The lowest BCUT2D eigenvalue weighted by molar-refractivity contribution is 0.417. The number of nitrogens with zero attached hydrogens (tertiary/aromatic N) is 2. The monoisotopic (exact) mass is 318 g/mol. The molecule has 2 aromatic rings. The molecule has 0 saturated heterocycles. The average Bonchev–Trinajstić information content (AvgIpc) is 2.82. The molecule has 0 aliphatic carbocycles. The number of hydrogen-bond acceptors (Lipinski definition) is 3. The first-order valence-corrected chi connectivity index (χ1v) is 7.70. The molecule has 2 N–H and O–H groups in total. The van der Waals surface area contributed by atoms with Crippen molar-refractivity contribution in [1.29, 1.82) is 0 Å². The molecule has 0 bridgehead atoms. The Morgan fingerprint density at radius 1 is 1.32 bits per heavy atom. The van der Waals surface area contributed by atoms with Crippen LogP contribution in [-0.4, -0.2) is 28.5 Å². The maximum atomic E-state index is 5.30. The first-order valence-electron chi connectivity index (χ1n) is 7.29. The molecule has 0 aliphatic heterocycles. The van der Waals surface area contributed by atoms with Crippen LogP contribution in [-0.2, 0) is 6.54 Å². The van der Waals surface area contributed by atoms with Crippen LogP contribution >= 0.6 is 12.2 Å². The second kappa shape index (κ2) is 7.79. The van der Waals surface area contributed by atoms with Gasteiger partial charge in [-0.1, -0.05) is 12.1 Å². The average molecular weight is 318 g/mol. The van der Waals surface area contributed by atoms with Gasteiger partial charge in [0.1, 0.15) is 5.75 Å². The number of benzene rings is 1. The fourth-order valence-electron chi connectivity index (χ4n) is 2.25. The summed E-state index contributed by atoms with van der Waals surface area (Å²) in [6.07, 6.45) is 0.954. The molecule has 0 saturated carbocycles. The summed E-state index contributed by atoms with van der Waals surface area (Å²) in [6.45, 7) is 5.75. The third-order valence-electron chi connectivity index (χ3n) is 3.29. The lowest BCUT2D eigenvalue weighted by atomic mass is 10.3. The fourth-order valence-corrected chi connectivity index (χ4v) is 2.46. The number of rotatable bonds is 6. The third kappa shape index (κ3) is 4.46. The first-order chi connectivity index (χ1) is 10.6. The Morgan fingerprint density at radius 3 is 2.77 bits per heavy atom. The molecule has 5 nitrogen and oxygen atoms in total. The van der Waals surface area contributed by atoms with E-state index in [2.05, 4.69) is 28.7 Å². The highest BCUT2D eigenvalue weighted by atomic mass is 32.1. The smallest absolute Gasteiger partial charge is 0.170 e. The summed E-state index contributed by atoms with van der Waals surface area (Å²) in [5, 5.41) is 11.4. The van der Waals surface area contributed by atoms with E-state index in [0.29, 0.717) is 5.11 Å². The van der Waals surface area contributed by atoms with Crippen LogP contribution in [0.15, 0.2) is 30.3 Å². The summed E-state index contributed by atoms with van der Waals surface area (Å²) < 4.78 is 7.31. The predicted octanol–water partition coefficient (Wildman–Crippen LogP) is 2.89. The van der Waals surface area contributed by atoms with E-state index in [4.69, 9.17) is 17.0 Å². The number of thiocarbonyl (C=S) groups is 1. The highest BCUT2D eigenvalue weighted by Gasteiger charge is 2.04. The number of anilines is 1. The van der Waals surface area contributed by atoms with Gasteiger partial charge in [0, 0.05) is 18.8 Å². The Hall–Kier alpha value is -2.08. The maximum absolute atomic E-state index is 5.30. The molecule has 0 fully saturated rings. The van der Waals surface area contributed by atoms with Gasteiger partial charge in [0.2, 0.25) is 0 Å². The Labute approximate surface area is 136 Å². The molecule has 0 radical (unpaired) electrons. The standard InChI is InChI=1S/C16H22N4OS/c1-12-11-13(2)20(19-12)10-6-9-17-16(22)18-14-7-4-5-8-15(14)21-3/h4-5,7-8,11H,6,9-10H2,1-3H3,(H2,17,18,22). The van der Waals surface area contributed by atoms with Crippen molar-refractivity contribution in [2.45, 2.75) is 26.8 Å². The summed E-state index contributed by atoms with van der Waals surface area (Å²) in [5.74, 6) is 0.772. The Morgan fingerprint density at radius 2 is 2.09 bits per heavy atom. The minimum Gasteiger partial charge on any atom is -0.495 e. The van der Waals surface area contributed by atoms with Crippen LogP contribution in [0.2, 0.25) is 0 Å². The molecule has 1 aromatic carbocycles. The van der Waals surface area contributed by atoms with Gasteiger partial charge in [0.15, 0.2) is 5.11 Å². The maximum Gasteiger partial charge on any atom is 0.170 e. The van der Waals surface area contributed by atoms with Gasteiger partial charge in [-0.25, -0.2) is 0 Å². The molecular weight excluding hydrogens is 296 g/mol. The Kier molecular flexibility index (Phi) is 5.77. The van der Waals surface area contributed by atoms with E-state index in [-0.39, 0.29) is 0 Å². The van der Waals surface area contributed by atoms with Crippen LogP contribution in [0.4, 0.5) is 5.69 Å². The van der Waals surface area contributed by atoms with E-state index in [1.54, 1.807) is 7.11 Å². The number of aryl methyl sites for hydroxylation is 3. The molecule has 1 aromatic heterocycles. The molecule has 0 spiro atoms. The van der Waals surface area contributed by atoms with Crippen molar-refractivity contribution in [3.8, 4) is 5.75 Å². The van der Waals surface area contributed by atoms with Crippen molar-refractivity contribution in [2.75, 3.05) is 19.0 Å². The largest absolute Gasteiger partial charge is 0.495 e. The molecule has 118 valence electrons. The number of aromatic nitrogens is 2. The topological polar surface area (TPSA) is 51.1 Å². The quantitative estimate of drug-likeness (QED) is 0.633. The second-order valence-electron chi connectivity index (χ2n) is 5.08. The van der Waals surface area contributed by atoms with Crippen LogP contribution in [0.1, 0.15) is 17.8 Å². The van der Waals surface area contributed by atoms with E-state index >= 15 is 0 Å². The van der Waals surface area contributed by atoms with Gasteiger partial charge in [-0.2, -0.15) is 5.10 Å². The van der Waals surface area contributed by atoms with Crippen molar-refractivity contribution < 1.29 is 4.74 Å². The van der Waals surface area contributed by atoms with E-state index in [1.165, 1.54) is 5.69 Å². The highest BCUT2D eigenvalue weighted by Crippen LogP contribution is 2.22. The van der Waals surface area contributed by atoms with E-state index < -0.39 is 0 Å². The van der Waals surface area contributed by atoms with Crippen molar-refractivity contribution in [2.24, 2.45) is 0 Å². The summed E-state index contributed by atoms with van der Waals surface area (Å²) >= 11 is 5.30. The van der Waals surface area contributed by atoms with Crippen LogP contribution in [0.25, 0.3) is 0 Å². The van der Waals surface area contributed by atoms with Gasteiger partial charge in [0.05, 0.1) is 18.5 Å². The fraction of sp³-hybridized carbons (Fsp3) is 0.375. The highest BCUT2D eigenvalue weighted by molar-refractivity contribution is 7.80. The van der Waals surface area contributed by atoms with Crippen molar-refractivity contribution >= 4 is 23.0 Å². The van der Waals surface area contributed by atoms with Gasteiger partial charge in [-0.05, 0) is 50.7 Å². The predicted molar refractivity (Wildman–Crippen MR) is 93.5 cm³/mol. The first kappa shape index (κ1) is 16.3. The van der Waals surface area contributed by atoms with Gasteiger partial charge >= 0.3 is 0 Å². The van der Waals surface area contributed by atoms with Gasteiger partial charge < -0.3 is 15.4 Å². The molecule has 22 heavy (non-hydrogen) atoms. The SMILES string of the molecule is COc1ccccc1NC(=S)NCCCn1nc(C)cc1C. The van der Waals surface area contributed by atoms with Gasteiger partial charge in [-0.3, -0.25) is 4.68 Å². The zero-order valence-corrected chi connectivity index (χ0v) is 14.0. The molecule has 0 unspecified atom stereocenters. The number of hydrogen-bond donors (Lipinski definition) is 2. The van der Waals surface area contributed by atoms with Gasteiger partial charge in [-0.15, -0.1) is 0 Å². The molecule has 0 atom stereocenters. The van der Waals surface area contributed by atoms with Crippen LogP contribution in [0, 0.1) is 13.8 Å². The van der Waals surface area contributed by atoms with Crippen LogP contribution < -0.4 is 15.4 Å². The van der Waals surface area contributed by atoms with E-state index in [0.717, 1.165) is 36.6 Å². The minimum absolute atomic E-state index is 0.595. The molecule has 1 heterocycles. The lowest BCUT2D eigenvalue weighted by Gasteiger charge is -2.13. The molecule has 2 rings (SSSR count). The summed E-state index contributed by atoms with van der Waals surface area (Å²) in [6, 6.07) is 9.78. The lowest BCUT2D eigenvalue weighted by Crippen LogP contribution is -2.30. The normalized spacial score (nSPS) is 10.3. The number of para-hydroxylation sites is 2. The molecule has 6 heteroatoms. The molecule has 0 amide bonds. The number of ether oxygens (including phenoxy) is 1. The summed E-state index contributed by atoms with van der Waals surface area (Å²) in [4.78, 5) is 0. The van der Waals surface area contributed by atoms with Gasteiger partial charge in [0.25, 0.3) is 0 Å². The van der Waals surface area contributed by atoms with Crippen molar-refractivity contribution in [1.82, 2.24) is 15.1 Å². The van der Waals surface area contributed by atoms with Crippen molar-refractivity contribution in [3.63, 3.8) is 0 Å². The molecular formula is C16H22N4OS. The minimum atomic E-state index is 0.595. The van der Waals surface area contributed by atoms with Crippen molar-refractivity contribution in [3.05, 3.63) is 41.7 Å². The second-order valence-corrected chi connectivity index (χ2v) is 5.49. The van der Waals surface area contributed by atoms with E-state index in [1.807, 2.05) is 35.9 Å². The number of nitrogens with one attached hydrogen (secondary N) is 2. The molecule has 0 aliphatic rings. The van der Waals surface area contributed by atoms with Crippen LogP contribution in [0.5, 0.6) is 5.75 Å². The Balaban J connectivity index is 1.75. The van der Waals surface area contributed by atoms with Crippen LogP contribution in [0.3, 0.4) is 0 Å². The summed E-state index contributed by atoms with van der Waals surface area (Å²) in [5.41, 5.74) is 3.10. The Bertz CT molecular complexity index is 639. The van der Waals surface area contributed by atoms with E-state index in [9.17, 15) is 0 Å². The summed E-state index contributed by atoms with van der Waals surface area (Å²) in [7, 11) is 1.64. The number of methoxy groups -OCH3 is 1.